The van der Waals surface area contributed by atoms with Crippen molar-refractivity contribution in [3.63, 3.8) is 0 Å². The molecule has 25 heavy (non-hydrogen) atoms. The average molecular weight is 363 g/mol. The lowest BCUT2D eigenvalue weighted by atomic mass is 10.1. The van der Waals surface area contributed by atoms with Gasteiger partial charge in [-0.25, -0.2) is 4.39 Å². The predicted octanol–water partition coefficient (Wildman–Crippen LogP) is 3.40. The third-order valence-electron chi connectivity index (χ3n) is 3.38. The lowest BCUT2D eigenvalue weighted by Crippen LogP contribution is -2.14. The molecular formula is C19H23FNO3P. The number of phenolic OH excluding ortho intramolecular Hbond substituents is 1. The van der Waals surface area contributed by atoms with Crippen LogP contribution in [-0.2, 0) is 0 Å². The molecule has 0 radical (unpaired) electrons. The van der Waals surface area contributed by atoms with E-state index in [1.165, 1.54) is 19.2 Å². The van der Waals surface area contributed by atoms with E-state index in [-0.39, 0.29) is 25.7 Å². The van der Waals surface area contributed by atoms with Gasteiger partial charge in [0.15, 0.2) is 11.5 Å². The molecule has 0 aliphatic heterocycles. The van der Waals surface area contributed by atoms with Gasteiger partial charge in [-0.15, -0.1) is 0 Å². The Morgan fingerprint density at radius 2 is 1.80 bits per heavy atom. The Morgan fingerprint density at radius 3 is 2.40 bits per heavy atom. The van der Waals surface area contributed by atoms with Crippen LogP contribution in [0.4, 0.5) is 4.39 Å². The van der Waals surface area contributed by atoms with E-state index in [1.807, 2.05) is 20.8 Å². The molecule has 4 nitrogen and oxygen atoms in total. The van der Waals surface area contributed by atoms with Gasteiger partial charge in [0, 0.05) is 23.1 Å². The van der Waals surface area contributed by atoms with E-state index in [1.54, 1.807) is 31.5 Å². The molecule has 6 heteroatoms. The minimum Gasteiger partial charge on any atom is -0.504 e. The molecule has 0 fully saturated rings. The highest BCUT2D eigenvalue weighted by molar-refractivity contribution is 7.56. The van der Waals surface area contributed by atoms with E-state index in [9.17, 15) is 9.50 Å². The highest BCUT2D eigenvalue weighted by Gasteiger charge is 2.14. The van der Waals surface area contributed by atoms with E-state index in [0.29, 0.717) is 22.4 Å². The molecule has 0 aliphatic rings. The third kappa shape index (κ3) is 5.17. The molecule has 0 aromatic heterocycles. The Labute approximate surface area is 149 Å². The predicted molar refractivity (Wildman–Crippen MR) is 103 cm³/mol. The SMILES string of the molecule is COc1cc(OC)c(O)c(Pc2ccc(F)cc2C=NC(C)(C)C)c1. The van der Waals surface area contributed by atoms with Crippen LogP contribution in [0, 0.1) is 5.82 Å². The average Bonchev–Trinajstić information content (AvgIpc) is 2.56. The van der Waals surface area contributed by atoms with Gasteiger partial charge >= 0.3 is 0 Å². The normalized spacial score (nSPS) is 12.2. The molecule has 0 aliphatic carbocycles. The number of ether oxygens (including phenoxy) is 2. The largest absolute Gasteiger partial charge is 0.504 e. The van der Waals surface area contributed by atoms with Crippen LogP contribution in [-0.4, -0.2) is 31.1 Å². The zero-order valence-corrected chi connectivity index (χ0v) is 16.1. The molecule has 1 N–H and O–H groups in total. The molecule has 2 aromatic carbocycles. The smallest absolute Gasteiger partial charge is 0.165 e. The number of methoxy groups -OCH3 is 2. The Kier molecular flexibility index (Phi) is 6.02. The highest BCUT2D eigenvalue weighted by Crippen LogP contribution is 2.33. The van der Waals surface area contributed by atoms with Crippen molar-refractivity contribution in [1.29, 1.82) is 0 Å². The zero-order chi connectivity index (χ0) is 18.6. The lowest BCUT2D eigenvalue weighted by molar-refractivity contribution is 0.366. The van der Waals surface area contributed by atoms with Crippen LogP contribution in [0.5, 0.6) is 17.2 Å². The maximum atomic E-state index is 13.7. The van der Waals surface area contributed by atoms with Crippen molar-refractivity contribution in [3.05, 3.63) is 41.7 Å². The second-order valence-corrected chi connectivity index (χ2v) is 7.84. The number of halogens is 1. The van der Waals surface area contributed by atoms with Gasteiger partial charge in [0.25, 0.3) is 0 Å². The topological polar surface area (TPSA) is 51.0 Å². The Balaban J connectivity index is 2.46. The summed E-state index contributed by atoms with van der Waals surface area (Å²) in [4.78, 5) is 4.46. The first-order valence-corrected chi connectivity index (χ1v) is 8.80. The summed E-state index contributed by atoms with van der Waals surface area (Å²) >= 11 is 0. The number of phenols is 1. The summed E-state index contributed by atoms with van der Waals surface area (Å²) in [6, 6.07) is 7.95. The van der Waals surface area contributed by atoms with E-state index >= 15 is 0 Å². The molecule has 0 amide bonds. The summed E-state index contributed by atoms with van der Waals surface area (Å²) < 4.78 is 24.1. The number of aromatic hydroxyl groups is 1. The van der Waals surface area contributed by atoms with Gasteiger partial charge in [-0.3, -0.25) is 4.99 Å². The quantitative estimate of drug-likeness (QED) is 0.654. The molecule has 0 saturated heterocycles. The van der Waals surface area contributed by atoms with Gasteiger partial charge in [0.1, 0.15) is 11.6 Å². The van der Waals surface area contributed by atoms with Crippen LogP contribution in [0.25, 0.3) is 0 Å². The standard InChI is InChI=1S/C19H23FNO3P/c1-19(2,3)21-11-12-8-13(20)6-7-16(12)25-17-10-14(23-4)9-15(24-5)18(17)22/h6-11,22,25H,1-5H3. The molecular weight excluding hydrogens is 340 g/mol. The van der Waals surface area contributed by atoms with Crippen molar-refractivity contribution in [3.8, 4) is 17.2 Å². The Hall–Kier alpha value is -2.13. The maximum Gasteiger partial charge on any atom is 0.165 e. The number of hydrogen-bond acceptors (Lipinski definition) is 4. The van der Waals surface area contributed by atoms with E-state index < -0.39 is 0 Å². The Morgan fingerprint density at radius 1 is 1.08 bits per heavy atom. The molecule has 134 valence electrons. The minimum atomic E-state index is -0.323. The van der Waals surface area contributed by atoms with E-state index in [0.717, 1.165) is 5.30 Å². The van der Waals surface area contributed by atoms with E-state index in [2.05, 4.69) is 4.99 Å². The fourth-order valence-corrected chi connectivity index (χ4v) is 3.31. The molecule has 2 rings (SSSR count). The number of nitrogens with zero attached hydrogens (tertiary/aromatic N) is 1. The van der Waals surface area contributed by atoms with Crippen molar-refractivity contribution < 1.29 is 19.0 Å². The number of hydrogen-bond donors (Lipinski definition) is 1. The fourth-order valence-electron chi connectivity index (χ4n) is 2.11. The summed E-state index contributed by atoms with van der Waals surface area (Å²) in [6.07, 6.45) is 1.68. The van der Waals surface area contributed by atoms with Crippen LogP contribution in [0.15, 0.2) is 35.3 Å². The van der Waals surface area contributed by atoms with Gasteiger partial charge in [0.2, 0.25) is 0 Å². The van der Waals surface area contributed by atoms with Gasteiger partial charge in [-0.05, 0) is 44.3 Å². The fraction of sp³-hybridized carbons (Fsp3) is 0.316. The van der Waals surface area contributed by atoms with Crippen molar-refractivity contribution in [1.82, 2.24) is 0 Å². The summed E-state index contributed by atoms with van der Waals surface area (Å²) in [5.74, 6) is 0.666. The monoisotopic (exact) mass is 363 g/mol. The first-order valence-electron chi connectivity index (χ1n) is 7.80. The van der Waals surface area contributed by atoms with Gasteiger partial charge in [0.05, 0.1) is 19.8 Å². The maximum absolute atomic E-state index is 13.7. The van der Waals surface area contributed by atoms with Crippen molar-refractivity contribution in [2.24, 2.45) is 4.99 Å². The van der Waals surface area contributed by atoms with Gasteiger partial charge in [-0.2, -0.15) is 0 Å². The zero-order valence-electron chi connectivity index (χ0n) is 15.1. The second-order valence-electron chi connectivity index (χ2n) is 6.51. The third-order valence-corrected chi connectivity index (χ3v) is 4.75. The number of benzene rings is 2. The molecule has 0 saturated carbocycles. The first-order chi connectivity index (χ1) is 11.7. The number of rotatable bonds is 5. The molecule has 0 bridgehead atoms. The Bertz CT molecular complexity index is 785. The summed E-state index contributed by atoms with van der Waals surface area (Å²) in [5, 5.41) is 11.9. The lowest BCUT2D eigenvalue weighted by Gasteiger charge is -2.14. The molecule has 0 heterocycles. The minimum absolute atomic E-state index is 0.0599. The molecule has 2 aromatic rings. The summed E-state index contributed by atoms with van der Waals surface area (Å²) in [6.45, 7) is 5.93. The van der Waals surface area contributed by atoms with Gasteiger partial charge < -0.3 is 14.6 Å². The van der Waals surface area contributed by atoms with E-state index in [4.69, 9.17) is 9.47 Å². The van der Waals surface area contributed by atoms with Crippen LogP contribution in [0.3, 0.4) is 0 Å². The van der Waals surface area contributed by atoms with Crippen LogP contribution < -0.4 is 20.1 Å². The van der Waals surface area contributed by atoms with Crippen LogP contribution >= 0.6 is 8.58 Å². The second kappa shape index (κ2) is 7.83. The van der Waals surface area contributed by atoms with Crippen LogP contribution in [0.1, 0.15) is 26.3 Å². The van der Waals surface area contributed by atoms with Crippen molar-refractivity contribution >= 4 is 25.4 Å². The summed E-state index contributed by atoms with van der Waals surface area (Å²) in [7, 11) is 3.14. The van der Waals surface area contributed by atoms with Crippen molar-refractivity contribution in [2.75, 3.05) is 14.2 Å². The van der Waals surface area contributed by atoms with Crippen molar-refractivity contribution in [2.45, 2.75) is 26.3 Å². The first kappa shape index (κ1) is 19.2. The van der Waals surface area contributed by atoms with Crippen LogP contribution in [0.2, 0.25) is 0 Å². The van der Waals surface area contributed by atoms with Gasteiger partial charge in [-0.1, -0.05) is 14.6 Å². The number of aliphatic imine (C=N–C) groups is 1. The highest BCUT2D eigenvalue weighted by atomic mass is 31.1. The molecule has 1 unspecified atom stereocenters. The molecule has 0 spiro atoms. The summed E-state index contributed by atoms with van der Waals surface area (Å²) in [5.41, 5.74) is 0.433. The molecule has 1 atom stereocenters.